The molecule has 1 N–H and O–H groups in total. The lowest BCUT2D eigenvalue weighted by molar-refractivity contribution is -0.113. The number of benzene rings is 2. The first-order chi connectivity index (χ1) is 13.5. The highest BCUT2D eigenvalue weighted by molar-refractivity contribution is 9.10. The Labute approximate surface area is 172 Å². The third kappa shape index (κ3) is 4.82. The molecule has 0 aliphatic heterocycles. The van der Waals surface area contributed by atoms with E-state index in [1.165, 1.54) is 19.2 Å². The molecule has 1 amide bonds. The summed E-state index contributed by atoms with van der Waals surface area (Å²) in [5, 5.41) is 10.6. The molecule has 0 saturated carbocycles. The lowest BCUT2D eigenvalue weighted by atomic mass is 10.2. The van der Waals surface area contributed by atoms with E-state index in [0.717, 1.165) is 11.8 Å². The van der Waals surface area contributed by atoms with Gasteiger partial charge in [0.2, 0.25) is 11.8 Å². The predicted octanol–water partition coefficient (Wildman–Crippen LogP) is 4.39. The van der Waals surface area contributed by atoms with Gasteiger partial charge in [0, 0.05) is 10.0 Å². The smallest absolute Gasteiger partial charge is 0.277 e. The summed E-state index contributed by atoms with van der Waals surface area (Å²) >= 11 is 4.21. The van der Waals surface area contributed by atoms with Crippen LogP contribution in [0.2, 0.25) is 0 Å². The number of carbonyl (C=O) groups is 1. The Morgan fingerprint density at radius 3 is 2.68 bits per heavy atom. The Morgan fingerprint density at radius 2 is 1.96 bits per heavy atom. The molecule has 28 heavy (non-hydrogen) atoms. The topological polar surface area (TPSA) is 86.5 Å². The second-order valence-electron chi connectivity index (χ2n) is 5.40. The van der Waals surface area contributed by atoms with Crippen molar-refractivity contribution in [1.29, 1.82) is 0 Å². The van der Waals surface area contributed by atoms with Crippen molar-refractivity contribution in [2.24, 2.45) is 0 Å². The van der Waals surface area contributed by atoms with Gasteiger partial charge in [0.25, 0.3) is 5.22 Å². The molecule has 2 aromatic carbocycles. The van der Waals surface area contributed by atoms with Crippen LogP contribution in [0.4, 0.5) is 10.1 Å². The molecule has 3 rings (SSSR count). The second kappa shape index (κ2) is 9.07. The molecule has 1 aromatic heterocycles. The summed E-state index contributed by atoms with van der Waals surface area (Å²) in [7, 11) is 3.08. The van der Waals surface area contributed by atoms with Crippen molar-refractivity contribution in [3.8, 4) is 23.0 Å². The molecular formula is C18H15BrFN3O4S. The molecule has 10 heteroatoms. The zero-order valence-corrected chi connectivity index (χ0v) is 17.3. The van der Waals surface area contributed by atoms with Gasteiger partial charge in [0.15, 0.2) is 11.5 Å². The standard InChI is InChI=1S/C18H15BrFN3O4S/c1-25-14-6-3-10(7-15(14)26-2)17-22-23-18(27-17)28-9-16(24)21-13-5-4-11(19)8-12(13)20/h3-8H,9H2,1-2H3,(H,21,24). The van der Waals surface area contributed by atoms with E-state index in [-0.39, 0.29) is 22.6 Å². The van der Waals surface area contributed by atoms with E-state index in [0.29, 0.717) is 21.5 Å². The number of nitrogens with zero attached hydrogens (tertiary/aromatic N) is 2. The van der Waals surface area contributed by atoms with Gasteiger partial charge in [-0.15, -0.1) is 10.2 Å². The molecule has 1 heterocycles. The second-order valence-corrected chi connectivity index (χ2v) is 7.25. The molecule has 0 saturated heterocycles. The summed E-state index contributed by atoms with van der Waals surface area (Å²) in [5.41, 5.74) is 0.753. The third-order valence-corrected chi connectivity index (χ3v) is 4.88. The van der Waals surface area contributed by atoms with E-state index >= 15 is 0 Å². The number of hydrogen-bond acceptors (Lipinski definition) is 7. The Bertz CT molecular complexity index is 999. The maximum Gasteiger partial charge on any atom is 0.277 e. The lowest BCUT2D eigenvalue weighted by Crippen LogP contribution is -2.15. The van der Waals surface area contributed by atoms with Crippen LogP contribution in [0.5, 0.6) is 11.5 Å². The van der Waals surface area contributed by atoms with Gasteiger partial charge in [-0.3, -0.25) is 4.79 Å². The SMILES string of the molecule is COc1ccc(-c2nnc(SCC(=O)Nc3ccc(Br)cc3F)o2)cc1OC. The summed E-state index contributed by atoms with van der Waals surface area (Å²) in [6.45, 7) is 0. The maximum absolute atomic E-state index is 13.8. The molecule has 0 unspecified atom stereocenters. The molecule has 0 bridgehead atoms. The predicted molar refractivity (Wildman–Crippen MR) is 106 cm³/mol. The average molecular weight is 468 g/mol. The van der Waals surface area contributed by atoms with E-state index in [1.807, 2.05) is 0 Å². The van der Waals surface area contributed by atoms with Crippen LogP contribution in [0.3, 0.4) is 0 Å². The number of amides is 1. The molecule has 0 fully saturated rings. The number of methoxy groups -OCH3 is 2. The van der Waals surface area contributed by atoms with Gasteiger partial charge in [-0.1, -0.05) is 27.7 Å². The zero-order chi connectivity index (χ0) is 20.1. The van der Waals surface area contributed by atoms with E-state index < -0.39 is 11.7 Å². The van der Waals surface area contributed by atoms with Crippen molar-refractivity contribution in [3.05, 3.63) is 46.7 Å². The third-order valence-electron chi connectivity index (χ3n) is 3.57. The summed E-state index contributed by atoms with van der Waals surface area (Å²) < 4.78 is 30.4. The fraction of sp³-hybridized carbons (Fsp3) is 0.167. The minimum atomic E-state index is -0.527. The van der Waals surface area contributed by atoms with E-state index in [1.54, 1.807) is 31.4 Å². The first-order valence-corrected chi connectivity index (χ1v) is 9.71. The highest BCUT2D eigenvalue weighted by Gasteiger charge is 2.14. The first kappa shape index (κ1) is 20.2. The first-order valence-electron chi connectivity index (χ1n) is 7.93. The van der Waals surface area contributed by atoms with Gasteiger partial charge in [-0.05, 0) is 36.4 Å². The van der Waals surface area contributed by atoms with E-state index in [2.05, 4.69) is 31.4 Å². The van der Waals surface area contributed by atoms with Gasteiger partial charge >= 0.3 is 0 Å². The van der Waals surface area contributed by atoms with Gasteiger partial charge in [-0.25, -0.2) is 4.39 Å². The van der Waals surface area contributed by atoms with Crippen LogP contribution in [0.25, 0.3) is 11.5 Å². The molecule has 0 aliphatic rings. The number of anilines is 1. The van der Waals surface area contributed by atoms with Crippen LogP contribution in [-0.2, 0) is 4.79 Å². The molecule has 0 atom stereocenters. The minimum Gasteiger partial charge on any atom is -0.493 e. The largest absolute Gasteiger partial charge is 0.493 e. The van der Waals surface area contributed by atoms with E-state index in [4.69, 9.17) is 13.9 Å². The number of carbonyl (C=O) groups excluding carboxylic acids is 1. The minimum absolute atomic E-state index is 0.0108. The van der Waals surface area contributed by atoms with Gasteiger partial charge < -0.3 is 19.2 Å². The number of rotatable bonds is 7. The van der Waals surface area contributed by atoms with Crippen LogP contribution in [0.15, 0.2) is 50.5 Å². The van der Waals surface area contributed by atoms with Crippen molar-refractivity contribution in [2.45, 2.75) is 5.22 Å². The zero-order valence-electron chi connectivity index (χ0n) is 14.9. The molecule has 0 spiro atoms. The normalized spacial score (nSPS) is 10.6. The number of nitrogens with one attached hydrogen (secondary N) is 1. The van der Waals surface area contributed by atoms with Crippen molar-refractivity contribution in [1.82, 2.24) is 10.2 Å². The summed E-state index contributed by atoms with van der Waals surface area (Å²) in [5.74, 6) is 0.463. The van der Waals surface area contributed by atoms with Crippen molar-refractivity contribution in [2.75, 3.05) is 25.3 Å². The Balaban J connectivity index is 1.62. The number of hydrogen-bond donors (Lipinski definition) is 1. The molecule has 7 nitrogen and oxygen atoms in total. The number of ether oxygens (including phenoxy) is 2. The van der Waals surface area contributed by atoms with Crippen LogP contribution in [-0.4, -0.2) is 36.1 Å². The number of thioether (sulfide) groups is 1. The molecule has 146 valence electrons. The molecular weight excluding hydrogens is 453 g/mol. The quantitative estimate of drug-likeness (QED) is 0.515. The Kier molecular flexibility index (Phi) is 6.53. The van der Waals surface area contributed by atoms with Gasteiger partial charge in [0.05, 0.1) is 25.7 Å². The fourth-order valence-corrected chi connectivity index (χ4v) is 3.15. The van der Waals surface area contributed by atoms with Crippen LogP contribution >= 0.6 is 27.7 Å². The molecule has 0 radical (unpaired) electrons. The average Bonchev–Trinajstić information content (AvgIpc) is 3.17. The van der Waals surface area contributed by atoms with Crippen molar-refractivity contribution < 1.29 is 23.1 Å². The number of aromatic nitrogens is 2. The molecule has 0 aliphatic carbocycles. The Hall–Kier alpha value is -2.59. The summed E-state index contributed by atoms with van der Waals surface area (Å²) in [6, 6.07) is 9.58. The number of halogens is 2. The molecule has 3 aromatic rings. The van der Waals surface area contributed by atoms with Crippen LogP contribution in [0, 0.1) is 5.82 Å². The monoisotopic (exact) mass is 467 g/mol. The summed E-state index contributed by atoms with van der Waals surface area (Å²) in [6.07, 6.45) is 0. The highest BCUT2D eigenvalue weighted by atomic mass is 79.9. The Morgan fingerprint density at radius 1 is 1.18 bits per heavy atom. The van der Waals surface area contributed by atoms with Crippen LogP contribution in [0.1, 0.15) is 0 Å². The fourth-order valence-electron chi connectivity index (χ4n) is 2.26. The van der Waals surface area contributed by atoms with Gasteiger partial charge in [0.1, 0.15) is 5.82 Å². The van der Waals surface area contributed by atoms with Gasteiger partial charge in [-0.2, -0.15) is 0 Å². The van der Waals surface area contributed by atoms with Crippen LogP contribution < -0.4 is 14.8 Å². The lowest BCUT2D eigenvalue weighted by Gasteiger charge is -2.07. The van der Waals surface area contributed by atoms with E-state index in [9.17, 15) is 9.18 Å². The maximum atomic E-state index is 13.8. The van der Waals surface area contributed by atoms with Crippen molar-refractivity contribution in [3.63, 3.8) is 0 Å². The van der Waals surface area contributed by atoms with Crippen molar-refractivity contribution >= 4 is 39.3 Å². The summed E-state index contributed by atoms with van der Waals surface area (Å²) in [4.78, 5) is 12.0. The highest BCUT2D eigenvalue weighted by Crippen LogP contribution is 2.32.